The average Bonchev–Trinajstić information content (AvgIpc) is 3.01. The zero-order valence-electron chi connectivity index (χ0n) is 12.8. The van der Waals surface area contributed by atoms with Gasteiger partial charge in [-0.25, -0.2) is 9.40 Å². The lowest BCUT2D eigenvalue weighted by Crippen LogP contribution is -2.24. The summed E-state index contributed by atoms with van der Waals surface area (Å²) in [7, 11) is 0. The van der Waals surface area contributed by atoms with Gasteiger partial charge in [0.25, 0.3) is 5.69 Å². The van der Waals surface area contributed by atoms with Crippen molar-refractivity contribution in [3.8, 4) is 0 Å². The molecule has 6 nitrogen and oxygen atoms in total. The van der Waals surface area contributed by atoms with Crippen molar-refractivity contribution < 1.29 is 14.1 Å². The molecule has 0 saturated heterocycles. The lowest BCUT2D eigenvalue weighted by atomic mass is 9.98. The van der Waals surface area contributed by atoms with E-state index in [-0.39, 0.29) is 23.5 Å². The summed E-state index contributed by atoms with van der Waals surface area (Å²) in [5, 5.41) is 16.5. The van der Waals surface area contributed by atoms with Crippen molar-refractivity contribution in [2.45, 2.75) is 19.4 Å². The Morgan fingerprint density at radius 1 is 1.21 bits per heavy atom. The van der Waals surface area contributed by atoms with E-state index < -0.39 is 4.92 Å². The topological polar surface area (TPSA) is 75.8 Å². The van der Waals surface area contributed by atoms with Crippen molar-refractivity contribution in [2.75, 3.05) is 0 Å². The van der Waals surface area contributed by atoms with Crippen LogP contribution in [0.25, 0.3) is 0 Å². The van der Waals surface area contributed by atoms with Gasteiger partial charge in [0.15, 0.2) is 0 Å². The van der Waals surface area contributed by atoms with Crippen molar-refractivity contribution in [1.82, 2.24) is 5.01 Å². The van der Waals surface area contributed by atoms with E-state index in [9.17, 15) is 19.3 Å². The summed E-state index contributed by atoms with van der Waals surface area (Å²) in [6.07, 6.45) is 0.461. The SMILES string of the molecule is CC(=O)N1N=C(c2ccc(F)cc2)C[C@H]1c1ccc([N+](=O)[O-])cc1. The van der Waals surface area contributed by atoms with E-state index >= 15 is 0 Å². The van der Waals surface area contributed by atoms with Gasteiger partial charge in [-0.2, -0.15) is 5.10 Å². The van der Waals surface area contributed by atoms with Crippen LogP contribution in [0.3, 0.4) is 0 Å². The zero-order chi connectivity index (χ0) is 17.3. The number of benzene rings is 2. The van der Waals surface area contributed by atoms with Crippen LogP contribution >= 0.6 is 0 Å². The predicted molar refractivity (Wildman–Crippen MR) is 85.9 cm³/mol. The van der Waals surface area contributed by atoms with Gasteiger partial charge in [-0.3, -0.25) is 14.9 Å². The standard InChI is InChI=1S/C17H14FN3O3/c1-11(22)20-17(13-4-8-15(9-5-13)21(23)24)10-16(19-20)12-2-6-14(18)7-3-12/h2-9,17H,10H2,1H3/t17-/m0/s1. The molecule has 1 aliphatic rings. The Morgan fingerprint density at radius 2 is 1.83 bits per heavy atom. The molecule has 3 rings (SSSR count). The van der Waals surface area contributed by atoms with Crippen LogP contribution in [-0.2, 0) is 4.79 Å². The summed E-state index contributed by atoms with van der Waals surface area (Å²) in [4.78, 5) is 22.2. The van der Waals surface area contributed by atoms with E-state index in [1.54, 1.807) is 24.3 Å². The number of nitrogens with zero attached hydrogens (tertiary/aromatic N) is 3. The van der Waals surface area contributed by atoms with Crippen LogP contribution in [0.15, 0.2) is 53.6 Å². The summed E-state index contributed by atoms with van der Waals surface area (Å²) in [6.45, 7) is 1.41. The van der Waals surface area contributed by atoms with Crippen LogP contribution in [0.2, 0.25) is 0 Å². The van der Waals surface area contributed by atoms with Crippen molar-refractivity contribution in [3.63, 3.8) is 0 Å². The largest absolute Gasteiger partial charge is 0.273 e. The second-order valence-corrected chi connectivity index (χ2v) is 5.49. The Morgan fingerprint density at radius 3 is 2.38 bits per heavy atom. The van der Waals surface area contributed by atoms with Crippen molar-refractivity contribution in [2.24, 2.45) is 5.10 Å². The van der Waals surface area contributed by atoms with E-state index in [4.69, 9.17) is 0 Å². The fourth-order valence-electron chi connectivity index (χ4n) is 2.70. The van der Waals surface area contributed by atoms with Gasteiger partial charge >= 0.3 is 0 Å². The van der Waals surface area contributed by atoms with Crippen LogP contribution in [0.5, 0.6) is 0 Å². The van der Waals surface area contributed by atoms with Gasteiger partial charge < -0.3 is 0 Å². The molecule has 0 saturated carbocycles. The first-order valence-corrected chi connectivity index (χ1v) is 7.33. The highest BCUT2D eigenvalue weighted by molar-refractivity contribution is 6.03. The van der Waals surface area contributed by atoms with E-state index in [0.717, 1.165) is 11.1 Å². The number of halogens is 1. The summed E-state index contributed by atoms with van der Waals surface area (Å²) in [5.74, 6) is -0.567. The smallest absolute Gasteiger partial charge is 0.269 e. The van der Waals surface area contributed by atoms with Gasteiger partial charge in [0.1, 0.15) is 5.82 Å². The second kappa shape index (κ2) is 6.19. The average molecular weight is 327 g/mol. The zero-order valence-corrected chi connectivity index (χ0v) is 12.8. The molecule has 1 amide bonds. The molecule has 0 radical (unpaired) electrons. The lowest BCUT2D eigenvalue weighted by Gasteiger charge is -2.20. The van der Waals surface area contributed by atoms with Crippen LogP contribution in [0.1, 0.15) is 30.5 Å². The molecular formula is C17H14FN3O3. The number of carbonyl (C=O) groups excluding carboxylic acids is 1. The van der Waals surface area contributed by atoms with Crippen LogP contribution in [0, 0.1) is 15.9 Å². The first-order chi connectivity index (χ1) is 11.5. The third-order valence-corrected chi connectivity index (χ3v) is 3.90. The van der Waals surface area contributed by atoms with Crippen LogP contribution in [0.4, 0.5) is 10.1 Å². The maximum absolute atomic E-state index is 13.1. The van der Waals surface area contributed by atoms with Gasteiger partial charge in [0.2, 0.25) is 5.91 Å². The molecule has 2 aromatic rings. The Kier molecular flexibility index (Phi) is 4.07. The van der Waals surface area contributed by atoms with Crippen molar-refractivity contribution in [1.29, 1.82) is 0 Å². The van der Waals surface area contributed by atoms with Crippen molar-refractivity contribution in [3.05, 3.63) is 75.6 Å². The second-order valence-electron chi connectivity index (χ2n) is 5.49. The van der Waals surface area contributed by atoms with Gasteiger partial charge in [-0.05, 0) is 23.3 Å². The number of carbonyl (C=O) groups is 1. The predicted octanol–water partition coefficient (Wildman–Crippen LogP) is 3.43. The molecule has 0 N–H and O–H groups in total. The first kappa shape index (κ1) is 15.8. The number of nitro benzene ring substituents is 1. The summed E-state index contributed by atoms with van der Waals surface area (Å²) < 4.78 is 13.1. The third kappa shape index (κ3) is 3.01. The highest BCUT2D eigenvalue weighted by Gasteiger charge is 2.31. The molecule has 0 unspecified atom stereocenters. The van der Waals surface area contributed by atoms with Crippen molar-refractivity contribution >= 4 is 17.3 Å². The maximum atomic E-state index is 13.1. The molecule has 1 heterocycles. The summed E-state index contributed by atoms with van der Waals surface area (Å²) in [6, 6.07) is 11.7. The van der Waals surface area contributed by atoms with E-state index in [2.05, 4.69) is 5.10 Å². The number of hydrazone groups is 1. The number of non-ortho nitro benzene ring substituents is 1. The van der Waals surface area contributed by atoms with E-state index in [1.165, 1.54) is 36.2 Å². The van der Waals surface area contributed by atoms with E-state index in [0.29, 0.717) is 12.1 Å². The minimum absolute atomic E-state index is 0.00852. The highest BCUT2D eigenvalue weighted by atomic mass is 19.1. The molecule has 0 bridgehead atoms. The number of amides is 1. The normalized spacial score (nSPS) is 16.8. The quantitative estimate of drug-likeness (QED) is 0.640. The Bertz CT molecular complexity index is 816. The molecule has 7 heteroatoms. The molecule has 2 aromatic carbocycles. The van der Waals surface area contributed by atoms with E-state index in [1.807, 2.05) is 0 Å². The number of hydrogen-bond donors (Lipinski definition) is 0. The maximum Gasteiger partial charge on any atom is 0.269 e. The highest BCUT2D eigenvalue weighted by Crippen LogP contribution is 2.33. The fourth-order valence-corrected chi connectivity index (χ4v) is 2.70. The third-order valence-electron chi connectivity index (χ3n) is 3.90. The molecule has 122 valence electrons. The summed E-state index contributed by atoms with van der Waals surface area (Å²) >= 11 is 0. The fraction of sp³-hybridized carbons (Fsp3) is 0.176. The minimum atomic E-state index is -0.471. The van der Waals surface area contributed by atoms with Gasteiger partial charge in [0, 0.05) is 25.5 Å². The molecule has 0 fully saturated rings. The molecule has 0 aliphatic carbocycles. The first-order valence-electron chi connectivity index (χ1n) is 7.33. The summed E-state index contributed by atoms with van der Waals surface area (Å²) in [5.41, 5.74) is 2.17. The molecule has 0 aromatic heterocycles. The molecule has 1 aliphatic heterocycles. The number of rotatable bonds is 3. The Labute approximate surface area is 137 Å². The number of nitro groups is 1. The lowest BCUT2D eigenvalue weighted by molar-refractivity contribution is -0.384. The monoisotopic (exact) mass is 327 g/mol. The number of hydrogen-bond acceptors (Lipinski definition) is 4. The van der Waals surface area contributed by atoms with Gasteiger partial charge in [-0.1, -0.05) is 24.3 Å². The molecule has 1 atom stereocenters. The van der Waals surface area contributed by atoms with Crippen LogP contribution in [-0.4, -0.2) is 21.6 Å². The van der Waals surface area contributed by atoms with Crippen LogP contribution < -0.4 is 0 Å². The van der Waals surface area contributed by atoms with Gasteiger partial charge in [0.05, 0.1) is 16.7 Å². The molecule has 0 spiro atoms. The molecule has 24 heavy (non-hydrogen) atoms. The Balaban J connectivity index is 1.90. The Hall–Kier alpha value is -3.09. The molecular weight excluding hydrogens is 313 g/mol. The van der Waals surface area contributed by atoms with Gasteiger partial charge in [-0.15, -0.1) is 0 Å². The minimum Gasteiger partial charge on any atom is -0.273 e.